The van der Waals surface area contributed by atoms with E-state index < -0.39 is 0 Å². The second-order valence-electron chi connectivity index (χ2n) is 5.76. The summed E-state index contributed by atoms with van der Waals surface area (Å²) in [5, 5.41) is 0.996. The Morgan fingerprint density at radius 1 is 1.00 bits per heavy atom. The molecule has 27 heavy (non-hydrogen) atoms. The van der Waals surface area contributed by atoms with Crippen LogP contribution >= 0.6 is 0 Å². The van der Waals surface area contributed by atoms with Crippen molar-refractivity contribution in [3.63, 3.8) is 0 Å². The molecule has 126 valence electrons. The molecule has 2 nitrogen and oxygen atoms in total. The van der Waals surface area contributed by atoms with Crippen molar-refractivity contribution in [2.24, 2.45) is 7.05 Å². The van der Waals surface area contributed by atoms with E-state index in [1.54, 1.807) is 0 Å². The molecule has 4 aromatic rings. The molecular weight excluding hydrogens is 576 g/mol. The van der Waals surface area contributed by atoms with Gasteiger partial charge in [0, 0.05) is 46.8 Å². The first kappa shape index (κ1) is 23.9. The fourth-order valence-corrected chi connectivity index (χ4v) is 2.86. The summed E-state index contributed by atoms with van der Waals surface area (Å²) in [5.74, 6) is 0. The fraction of sp³-hybridized carbons (Fsp3) is 0.0909. The van der Waals surface area contributed by atoms with Gasteiger partial charge in [-0.2, -0.15) is 12.1 Å². The van der Waals surface area contributed by atoms with Crippen LogP contribution in [0.2, 0.25) is 0 Å². The van der Waals surface area contributed by atoms with Gasteiger partial charge in [0.05, 0.1) is 12.6 Å². The third-order valence-electron chi connectivity index (χ3n) is 4.09. The average molecular weight is 591 g/mol. The van der Waals surface area contributed by atoms with Crippen LogP contribution in [-0.4, -0.2) is 13.4 Å². The van der Waals surface area contributed by atoms with E-state index in [-0.39, 0.29) is 62.2 Å². The van der Waals surface area contributed by atoms with E-state index in [1.165, 1.54) is 0 Å². The molecule has 1 heterocycles. The summed E-state index contributed by atoms with van der Waals surface area (Å²) in [7, 11) is 2.00. The van der Waals surface area contributed by atoms with Crippen LogP contribution in [0.1, 0.15) is 5.56 Å². The average Bonchev–Trinajstić information content (AvgIpc) is 2.63. The maximum atomic E-state index is 4.48. The molecule has 0 saturated carbocycles. The van der Waals surface area contributed by atoms with Crippen molar-refractivity contribution in [1.82, 2.24) is 4.98 Å². The van der Waals surface area contributed by atoms with Crippen molar-refractivity contribution in [3.05, 3.63) is 84.7 Å². The Hall–Kier alpha value is -1.14. The Balaban J connectivity index is 0.00000121. The maximum Gasteiger partial charge on any atom is 2.00 e. The Bertz CT molecular complexity index is 1040. The molecule has 0 aliphatic rings. The van der Waals surface area contributed by atoms with Gasteiger partial charge in [-0.1, -0.05) is 16.4 Å². The summed E-state index contributed by atoms with van der Waals surface area (Å²) in [6, 6.07) is 29.2. The van der Waals surface area contributed by atoms with Crippen molar-refractivity contribution in [2.45, 2.75) is 6.92 Å². The molecule has 0 saturated heterocycles. The molecular formula is C22H15BN2WY-. The van der Waals surface area contributed by atoms with E-state index in [4.69, 9.17) is 0 Å². The van der Waals surface area contributed by atoms with Gasteiger partial charge in [0.2, 0.25) is 0 Å². The topological polar surface area (TPSA) is 16.8 Å². The molecule has 0 amide bonds. The molecule has 0 N–H and O–H groups in total. The second-order valence-corrected chi connectivity index (χ2v) is 5.76. The van der Waals surface area contributed by atoms with E-state index in [2.05, 4.69) is 36.2 Å². The van der Waals surface area contributed by atoms with Crippen molar-refractivity contribution < 1.29 is 58.3 Å². The van der Waals surface area contributed by atoms with Crippen molar-refractivity contribution in [1.29, 1.82) is 0 Å². The summed E-state index contributed by atoms with van der Waals surface area (Å²) in [4.78, 5) is 4.48. The van der Waals surface area contributed by atoms with E-state index in [9.17, 15) is 0 Å². The molecule has 0 spiro atoms. The summed E-state index contributed by atoms with van der Waals surface area (Å²) in [6.45, 7) is 2.08. The molecule has 4 radical (unpaired) electrons. The van der Waals surface area contributed by atoms with Gasteiger partial charge in [0.1, 0.15) is 0 Å². The first-order valence-corrected chi connectivity index (χ1v) is 7.81. The Morgan fingerprint density at radius 2 is 1.78 bits per heavy atom. The summed E-state index contributed by atoms with van der Waals surface area (Å²) >= 11 is 0. The molecule has 0 fully saturated rings. The zero-order valence-corrected chi connectivity index (χ0v) is 20.9. The molecule has 0 unspecified atom stereocenters. The van der Waals surface area contributed by atoms with Crippen molar-refractivity contribution in [3.8, 4) is 22.4 Å². The molecule has 5 heteroatoms. The zero-order valence-electron chi connectivity index (χ0n) is 15.2. The minimum Gasteiger partial charge on any atom is -0.370 e. The third kappa shape index (κ3) is 4.83. The van der Waals surface area contributed by atoms with Crippen LogP contribution in [0.3, 0.4) is 0 Å². The third-order valence-corrected chi connectivity index (χ3v) is 4.09. The normalized spacial score (nSPS) is 9.70. The predicted octanol–water partition coefficient (Wildman–Crippen LogP) is 3.52. The van der Waals surface area contributed by atoms with Crippen LogP contribution in [-0.2, 0) is 60.8 Å². The first-order valence-electron chi connectivity index (χ1n) is 7.81. The van der Waals surface area contributed by atoms with Gasteiger partial charge in [0.15, 0.2) is 0 Å². The van der Waals surface area contributed by atoms with Crippen LogP contribution in [0.25, 0.3) is 33.3 Å². The largest absolute Gasteiger partial charge is 2.00 e. The first-order chi connectivity index (χ1) is 11.7. The number of rotatable bonds is 2. The minimum absolute atomic E-state index is 0. The molecule has 1 aromatic heterocycles. The quantitative estimate of drug-likeness (QED) is 0.198. The van der Waals surface area contributed by atoms with Gasteiger partial charge in [-0.3, -0.25) is 4.57 Å². The van der Waals surface area contributed by atoms with Gasteiger partial charge in [-0.25, -0.2) is 29.3 Å². The number of hydrogen-bond acceptors (Lipinski definition) is 1. The number of benzene rings is 3. The number of aromatic nitrogens is 2. The maximum absolute atomic E-state index is 4.48. The number of hydrogen-bond donors (Lipinski definition) is 0. The van der Waals surface area contributed by atoms with Crippen LogP contribution in [0.5, 0.6) is 0 Å². The van der Waals surface area contributed by atoms with Crippen molar-refractivity contribution in [2.75, 3.05) is 0 Å². The van der Waals surface area contributed by atoms with Crippen molar-refractivity contribution >= 4 is 19.3 Å². The van der Waals surface area contributed by atoms with Crippen LogP contribution < -0.4 is 4.57 Å². The fourth-order valence-electron chi connectivity index (χ4n) is 2.86. The van der Waals surface area contributed by atoms with E-state index in [0.29, 0.717) is 0 Å². The Morgan fingerprint density at radius 3 is 2.52 bits per heavy atom. The zero-order chi connectivity index (χ0) is 16.5. The van der Waals surface area contributed by atoms with E-state index in [0.717, 1.165) is 38.9 Å². The molecule has 0 atom stereocenters. The van der Waals surface area contributed by atoms with Gasteiger partial charge in [-0.15, -0.1) is 31.2 Å². The van der Waals surface area contributed by atoms with Crippen LogP contribution in [0, 0.1) is 31.2 Å². The minimum atomic E-state index is 0. The van der Waals surface area contributed by atoms with Gasteiger partial charge < -0.3 is 23.3 Å². The molecule has 0 aliphatic carbocycles. The smallest absolute Gasteiger partial charge is 0.370 e. The summed E-state index contributed by atoms with van der Waals surface area (Å²) in [6.07, 6.45) is 1.84. The summed E-state index contributed by atoms with van der Waals surface area (Å²) in [5.41, 5.74) is 6.05. The van der Waals surface area contributed by atoms with Gasteiger partial charge >= 0.3 is 21.1 Å². The number of aryl methyl sites for hydroxylation is 2. The molecule has 0 aliphatic heterocycles. The Labute approximate surface area is 202 Å². The van der Waals surface area contributed by atoms with E-state index in [1.807, 2.05) is 66.5 Å². The standard InChI is InChI=1S/C22H15N2.B.W.Y/c1-16-12-13-18(17-8-4-3-5-9-17)14-20(16)22-19-10-6-7-11-21(19)23-15-24(22)2;;;/h3-8,11-12,15H,1-2H3;;;/q-3;;+2;. The molecule has 0 bridgehead atoms. The number of fused-ring (bicyclic) bond motifs is 1. The monoisotopic (exact) mass is 591 g/mol. The Kier molecular flexibility index (Phi) is 9.22. The van der Waals surface area contributed by atoms with Gasteiger partial charge in [-0.05, 0) is 0 Å². The van der Waals surface area contributed by atoms with Crippen LogP contribution in [0.15, 0.2) is 54.9 Å². The number of nitrogens with zero attached hydrogens (tertiary/aromatic N) is 2. The van der Waals surface area contributed by atoms with E-state index >= 15 is 0 Å². The summed E-state index contributed by atoms with van der Waals surface area (Å²) < 4.78 is 2.02. The predicted molar refractivity (Wildman–Crippen MR) is 99.6 cm³/mol. The van der Waals surface area contributed by atoms with Crippen LogP contribution in [0.4, 0.5) is 0 Å². The SMILES string of the molecule is Cc1c[c-]c(-c2[c-]cccc2)[c-]c1-c1c2[c-]cccc2nc[n+]1C.[B].[W+2].[Y]. The molecule has 3 aromatic carbocycles. The molecule has 4 rings (SSSR count). The second kappa shape index (κ2) is 10.4. The van der Waals surface area contributed by atoms with Gasteiger partial charge in [0.25, 0.3) is 6.33 Å².